The van der Waals surface area contributed by atoms with E-state index in [0.29, 0.717) is 6.07 Å². The Kier molecular flexibility index (Phi) is 2.95. The number of halogens is 5. The van der Waals surface area contributed by atoms with Crippen LogP contribution >= 0.6 is 0 Å². The Balaban J connectivity index is 2.89. The molecule has 9 heteroatoms. The highest BCUT2D eigenvalue weighted by Crippen LogP contribution is 2.45. The first-order valence-corrected chi connectivity index (χ1v) is 5.29. The first-order valence-electron chi connectivity index (χ1n) is 5.29. The topological polar surface area (TPSA) is 71.8 Å². The van der Waals surface area contributed by atoms with Crippen molar-refractivity contribution in [2.24, 2.45) is 0 Å². The molecule has 2 heterocycles. The van der Waals surface area contributed by atoms with Gasteiger partial charge in [-0.3, -0.25) is 4.79 Å². The van der Waals surface area contributed by atoms with Crippen LogP contribution in [0.3, 0.4) is 0 Å². The van der Waals surface area contributed by atoms with Crippen LogP contribution in [0.1, 0.15) is 11.3 Å². The maximum Gasteiger partial charge on any atom is 0.458 e. The summed E-state index contributed by atoms with van der Waals surface area (Å²) in [5.41, 5.74) is 2.21. The number of fused-ring (bicyclic) bond motifs is 1. The predicted molar refractivity (Wildman–Crippen MR) is 61.5 cm³/mol. The van der Waals surface area contributed by atoms with Gasteiger partial charge in [0, 0.05) is 16.6 Å². The SMILES string of the molecule is Cc1cc(C(F)(F)C(F)(F)F)c2cc(N)c(=O)[nH]c2n1. The smallest absolute Gasteiger partial charge is 0.394 e. The minimum absolute atomic E-state index is 0.0863. The average molecular weight is 293 g/mol. The third-order valence-corrected chi connectivity index (χ3v) is 2.67. The lowest BCUT2D eigenvalue weighted by Gasteiger charge is -2.21. The van der Waals surface area contributed by atoms with Gasteiger partial charge >= 0.3 is 12.1 Å². The van der Waals surface area contributed by atoms with Crippen molar-refractivity contribution in [3.63, 3.8) is 0 Å². The van der Waals surface area contributed by atoms with Crippen LogP contribution in [0.15, 0.2) is 16.9 Å². The van der Waals surface area contributed by atoms with Crippen LogP contribution in [0.2, 0.25) is 0 Å². The zero-order valence-corrected chi connectivity index (χ0v) is 9.98. The zero-order chi connectivity index (χ0) is 15.3. The van der Waals surface area contributed by atoms with Gasteiger partial charge in [-0.2, -0.15) is 22.0 Å². The summed E-state index contributed by atoms with van der Waals surface area (Å²) in [4.78, 5) is 17.1. The number of nitrogens with zero attached hydrogens (tertiary/aromatic N) is 1. The number of nitrogens with two attached hydrogens (primary N) is 1. The number of rotatable bonds is 1. The molecule has 0 saturated carbocycles. The predicted octanol–water partition coefficient (Wildman–Crippen LogP) is 2.47. The molecule has 0 aliphatic rings. The van der Waals surface area contributed by atoms with Gasteiger partial charge in [-0.25, -0.2) is 4.98 Å². The van der Waals surface area contributed by atoms with Gasteiger partial charge in [-0.1, -0.05) is 0 Å². The van der Waals surface area contributed by atoms with E-state index in [2.05, 4.69) is 9.97 Å². The molecular formula is C11H8F5N3O. The van der Waals surface area contributed by atoms with Gasteiger partial charge in [0.05, 0.1) is 5.69 Å². The van der Waals surface area contributed by atoms with E-state index in [1.807, 2.05) is 0 Å². The van der Waals surface area contributed by atoms with E-state index in [0.717, 1.165) is 6.07 Å². The number of nitrogens with one attached hydrogen (secondary N) is 1. The molecule has 20 heavy (non-hydrogen) atoms. The normalized spacial score (nSPS) is 12.9. The Labute approximate surface area is 108 Å². The summed E-state index contributed by atoms with van der Waals surface area (Å²) in [5, 5.41) is -0.546. The fourth-order valence-electron chi connectivity index (χ4n) is 1.74. The molecule has 2 aromatic rings. The minimum Gasteiger partial charge on any atom is -0.394 e. The van der Waals surface area contributed by atoms with Crippen LogP contribution < -0.4 is 11.3 Å². The largest absolute Gasteiger partial charge is 0.458 e. The van der Waals surface area contributed by atoms with Crippen molar-refractivity contribution in [1.29, 1.82) is 0 Å². The van der Waals surface area contributed by atoms with E-state index in [1.165, 1.54) is 6.92 Å². The molecule has 0 spiro atoms. The molecule has 2 aromatic heterocycles. The van der Waals surface area contributed by atoms with Crippen LogP contribution in [0.5, 0.6) is 0 Å². The lowest BCUT2D eigenvalue weighted by Crippen LogP contribution is -2.34. The summed E-state index contributed by atoms with van der Waals surface area (Å²) in [6.45, 7) is 1.24. The number of hydrogen-bond acceptors (Lipinski definition) is 3. The van der Waals surface area contributed by atoms with Gasteiger partial charge < -0.3 is 10.7 Å². The molecule has 0 atom stereocenters. The summed E-state index contributed by atoms with van der Waals surface area (Å²) >= 11 is 0. The van der Waals surface area contributed by atoms with Crippen LogP contribution in [-0.4, -0.2) is 16.1 Å². The van der Waals surface area contributed by atoms with Gasteiger partial charge in [-0.15, -0.1) is 0 Å². The first kappa shape index (κ1) is 14.2. The molecule has 0 aliphatic heterocycles. The number of aromatic amines is 1. The first-order chi connectivity index (χ1) is 9.04. The average Bonchev–Trinajstić information content (AvgIpc) is 2.28. The Hall–Kier alpha value is -2.19. The fraction of sp³-hybridized carbons (Fsp3) is 0.273. The van der Waals surface area contributed by atoms with Crippen molar-refractivity contribution in [3.8, 4) is 0 Å². The lowest BCUT2D eigenvalue weighted by molar-refractivity contribution is -0.288. The number of aromatic nitrogens is 2. The molecule has 0 aliphatic carbocycles. The summed E-state index contributed by atoms with van der Waals surface area (Å²) < 4.78 is 64.5. The third-order valence-electron chi connectivity index (χ3n) is 2.67. The van der Waals surface area contributed by atoms with Gasteiger partial charge in [0.25, 0.3) is 5.56 Å². The van der Waals surface area contributed by atoms with E-state index in [4.69, 9.17) is 5.73 Å². The molecule has 0 unspecified atom stereocenters. The highest BCUT2D eigenvalue weighted by Gasteiger charge is 2.59. The lowest BCUT2D eigenvalue weighted by atomic mass is 10.0. The number of aryl methyl sites for hydroxylation is 1. The summed E-state index contributed by atoms with van der Waals surface area (Å²) in [5.74, 6) is -5.08. The van der Waals surface area contributed by atoms with Crippen molar-refractivity contribution in [1.82, 2.24) is 9.97 Å². The van der Waals surface area contributed by atoms with Crippen molar-refractivity contribution in [2.75, 3.05) is 5.73 Å². The molecule has 0 fully saturated rings. The van der Waals surface area contributed by atoms with Crippen molar-refractivity contribution >= 4 is 16.7 Å². The van der Waals surface area contributed by atoms with Crippen LogP contribution in [-0.2, 0) is 5.92 Å². The van der Waals surface area contributed by atoms with Crippen molar-refractivity contribution in [3.05, 3.63) is 33.7 Å². The van der Waals surface area contributed by atoms with Gasteiger partial charge in [-0.05, 0) is 19.1 Å². The van der Waals surface area contributed by atoms with Gasteiger partial charge in [0.15, 0.2) is 0 Å². The molecular weight excluding hydrogens is 285 g/mol. The van der Waals surface area contributed by atoms with Gasteiger partial charge in [0.2, 0.25) is 0 Å². The Morgan fingerprint density at radius 1 is 1.20 bits per heavy atom. The Morgan fingerprint density at radius 2 is 1.80 bits per heavy atom. The zero-order valence-electron chi connectivity index (χ0n) is 9.98. The molecule has 3 N–H and O–H groups in total. The maximum absolute atomic E-state index is 13.5. The second kappa shape index (κ2) is 4.15. The van der Waals surface area contributed by atoms with E-state index in [9.17, 15) is 26.7 Å². The molecule has 4 nitrogen and oxygen atoms in total. The Bertz CT molecular complexity index is 735. The minimum atomic E-state index is -5.77. The standard InChI is InChI=1S/C11H8F5N3O/c1-4-2-6(10(12,13)11(14,15)16)5-3-7(17)9(20)19-8(5)18-4/h2-3H,17H2,1H3,(H,18,19,20). The van der Waals surface area contributed by atoms with Crippen LogP contribution in [0.25, 0.3) is 11.0 Å². The number of nitrogen functional groups attached to an aromatic ring is 1. The third kappa shape index (κ3) is 2.08. The Morgan fingerprint density at radius 3 is 2.35 bits per heavy atom. The van der Waals surface area contributed by atoms with E-state index >= 15 is 0 Å². The monoisotopic (exact) mass is 293 g/mol. The van der Waals surface area contributed by atoms with E-state index < -0.39 is 34.3 Å². The fourth-order valence-corrected chi connectivity index (χ4v) is 1.74. The second-order valence-corrected chi connectivity index (χ2v) is 4.20. The molecule has 108 valence electrons. The summed E-state index contributed by atoms with van der Waals surface area (Å²) in [6, 6.07) is 1.38. The number of H-pyrrole nitrogens is 1. The molecule has 0 bridgehead atoms. The summed E-state index contributed by atoms with van der Waals surface area (Å²) in [7, 11) is 0. The van der Waals surface area contributed by atoms with Crippen molar-refractivity contribution < 1.29 is 22.0 Å². The molecule has 0 amide bonds. The van der Waals surface area contributed by atoms with Crippen LogP contribution in [0.4, 0.5) is 27.6 Å². The molecule has 2 rings (SSSR count). The molecule has 0 aromatic carbocycles. The number of anilines is 1. The highest BCUT2D eigenvalue weighted by atomic mass is 19.4. The molecule has 0 saturated heterocycles. The van der Waals surface area contributed by atoms with Crippen molar-refractivity contribution in [2.45, 2.75) is 19.0 Å². The number of alkyl halides is 5. The van der Waals surface area contributed by atoms with E-state index in [1.54, 1.807) is 0 Å². The number of pyridine rings is 2. The quantitative estimate of drug-likeness (QED) is 0.793. The molecule has 0 radical (unpaired) electrons. The summed E-state index contributed by atoms with van der Waals surface area (Å²) in [6.07, 6.45) is -5.77. The highest BCUT2D eigenvalue weighted by molar-refractivity contribution is 5.82. The van der Waals surface area contributed by atoms with Gasteiger partial charge in [0.1, 0.15) is 5.65 Å². The van der Waals surface area contributed by atoms with Crippen LogP contribution in [0, 0.1) is 6.92 Å². The second-order valence-electron chi connectivity index (χ2n) is 4.20. The maximum atomic E-state index is 13.5. The number of hydrogen-bond donors (Lipinski definition) is 2. The van der Waals surface area contributed by atoms with E-state index in [-0.39, 0.29) is 11.3 Å².